The van der Waals surface area contributed by atoms with Crippen LogP contribution < -0.4 is 5.32 Å². The second-order valence-corrected chi connectivity index (χ2v) is 7.69. The average Bonchev–Trinajstić information content (AvgIpc) is 3.18. The molecule has 31 heavy (non-hydrogen) atoms. The zero-order valence-electron chi connectivity index (χ0n) is 16.5. The van der Waals surface area contributed by atoms with E-state index in [1.165, 1.54) is 10.8 Å². The lowest BCUT2D eigenvalue weighted by Gasteiger charge is -2.12. The molecule has 0 unspecified atom stereocenters. The number of fused-ring (bicyclic) bond motifs is 7. The molecule has 0 spiro atoms. The molecule has 0 saturated heterocycles. The summed E-state index contributed by atoms with van der Waals surface area (Å²) in [5, 5.41) is 19.5. The molecule has 0 bridgehead atoms. The molecule has 4 heteroatoms. The number of phenolic OH excluding ortho intramolecular Hbond substituents is 1. The fourth-order valence-electron chi connectivity index (χ4n) is 4.48. The van der Waals surface area contributed by atoms with Crippen molar-refractivity contribution in [3.05, 3.63) is 96.6 Å². The highest BCUT2D eigenvalue weighted by atomic mass is 16.3. The number of aromatic amines is 1. The van der Waals surface area contributed by atoms with Gasteiger partial charge >= 0.3 is 0 Å². The molecule has 0 fully saturated rings. The van der Waals surface area contributed by atoms with Gasteiger partial charge in [0.1, 0.15) is 5.75 Å². The number of benzene rings is 5. The number of phenols is 1. The lowest BCUT2D eigenvalue weighted by atomic mass is 9.96. The van der Waals surface area contributed by atoms with Crippen molar-refractivity contribution in [2.75, 3.05) is 5.32 Å². The van der Waals surface area contributed by atoms with Gasteiger partial charge in [0.15, 0.2) is 0 Å². The molecule has 6 aromatic rings. The van der Waals surface area contributed by atoms with Crippen LogP contribution >= 0.6 is 0 Å². The predicted octanol–water partition coefficient (Wildman–Crippen LogP) is 6.59. The van der Waals surface area contributed by atoms with Gasteiger partial charge in [0.25, 0.3) is 5.91 Å². The lowest BCUT2D eigenvalue weighted by molar-refractivity contribution is 0.102. The summed E-state index contributed by atoms with van der Waals surface area (Å²) < 4.78 is 0. The van der Waals surface area contributed by atoms with Crippen LogP contribution in [-0.4, -0.2) is 16.0 Å². The first-order valence-corrected chi connectivity index (χ1v) is 10.1. The van der Waals surface area contributed by atoms with Gasteiger partial charge < -0.3 is 15.4 Å². The number of carbonyl (C=O) groups is 1. The van der Waals surface area contributed by atoms with Crippen LogP contribution in [-0.2, 0) is 0 Å². The molecule has 0 aliphatic heterocycles. The second-order valence-electron chi connectivity index (χ2n) is 7.69. The van der Waals surface area contributed by atoms with Crippen molar-refractivity contribution in [1.82, 2.24) is 4.98 Å². The third-order valence-electron chi connectivity index (χ3n) is 5.91. The lowest BCUT2D eigenvalue weighted by Crippen LogP contribution is -2.12. The number of aromatic nitrogens is 1. The average molecular weight is 402 g/mol. The smallest absolute Gasteiger partial charge is 0.260 e. The number of hydrogen-bond acceptors (Lipinski definition) is 2. The molecule has 1 aromatic heterocycles. The van der Waals surface area contributed by atoms with Gasteiger partial charge in [0.05, 0.1) is 11.1 Å². The van der Waals surface area contributed by atoms with Gasteiger partial charge in [-0.05, 0) is 40.4 Å². The van der Waals surface area contributed by atoms with Crippen molar-refractivity contribution in [2.45, 2.75) is 0 Å². The number of para-hydroxylation sites is 2. The zero-order chi connectivity index (χ0) is 20.9. The van der Waals surface area contributed by atoms with Crippen molar-refractivity contribution < 1.29 is 9.90 Å². The van der Waals surface area contributed by atoms with Crippen molar-refractivity contribution >= 4 is 54.9 Å². The van der Waals surface area contributed by atoms with Crippen molar-refractivity contribution in [2.24, 2.45) is 0 Å². The summed E-state index contributed by atoms with van der Waals surface area (Å²) in [7, 11) is 0. The molecule has 1 heterocycles. The normalized spacial score (nSPS) is 11.5. The van der Waals surface area contributed by atoms with Crippen molar-refractivity contribution in [3.63, 3.8) is 0 Å². The van der Waals surface area contributed by atoms with E-state index in [-0.39, 0.29) is 17.2 Å². The van der Waals surface area contributed by atoms with E-state index in [0.29, 0.717) is 5.69 Å². The molecule has 0 atom stereocenters. The molecule has 148 valence electrons. The Morgan fingerprint density at radius 2 is 1.26 bits per heavy atom. The van der Waals surface area contributed by atoms with Gasteiger partial charge in [0.2, 0.25) is 0 Å². The number of nitrogens with one attached hydrogen (secondary N) is 2. The van der Waals surface area contributed by atoms with Gasteiger partial charge in [0, 0.05) is 27.4 Å². The fourth-order valence-corrected chi connectivity index (χ4v) is 4.48. The summed E-state index contributed by atoms with van der Waals surface area (Å²) in [6, 6.07) is 29.1. The largest absolute Gasteiger partial charge is 0.507 e. The molecule has 0 aliphatic rings. The van der Waals surface area contributed by atoms with E-state index in [0.717, 1.165) is 32.6 Å². The summed E-state index contributed by atoms with van der Waals surface area (Å²) in [4.78, 5) is 16.6. The topological polar surface area (TPSA) is 65.1 Å². The third-order valence-corrected chi connectivity index (χ3v) is 5.91. The van der Waals surface area contributed by atoms with Crippen LogP contribution in [0.1, 0.15) is 10.4 Å². The number of anilines is 1. The minimum Gasteiger partial charge on any atom is -0.507 e. The molecule has 3 N–H and O–H groups in total. The number of H-pyrrole nitrogens is 1. The van der Waals surface area contributed by atoms with Gasteiger partial charge in [-0.15, -0.1) is 0 Å². The van der Waals surface area contributed by atoms with Crippen LogP contribution in [0.5, 0.6) is 5.75 Å². The molecule has 1 amide bonds. The molecular weight excluding hydrogens is 384 g/mol. The maximum atomic E-state index is 13.0. The molecule has 0 aliphatic carbocycles. The summed E-state index contributed by atoms with van der Waals surface area (Å²) >= 11 is 0. The van der Waals surface area contributed by atoms with Gasteiger partial charge in [-0.2, -0.15) is 0 Å². The van der Waals surface area contributed by atoms with E-state index in [1.54, 1.807) is 6.07 Å². The van der Waals surface area contributed by atoms with Crippen molar-refractivity contribution in [1.29, 1.82) is 0 Å². The summed E-state index contributed by atoms with van der Waals surface area (Å²) in [5.41, 5.74) is 3.13. The van der Waals surface area contributed by atoms with Crippen LogP contribution in [0.25, 0.3) is 43.4 Å². The van der Waals surface area contributed by atoms with Gasteiger partial charge in [-0.25, -0.2) is 0 Å². The van der Waals surface area contributed by atoms with E-state index in [9.17, 15) is 9.90 Å². The fraction of sp³-hybridized carbons (Fsp3) is 0. The highest BCUT2D eigenvalue weighted by molar-refractivity contribution is 6.25. The Morgan fingerprint density at radius 3 is 2.10 bits per heavy atom. The van der Waals surface area contributed by atoms with Crippen molar-refractivity contribution in [3.8, 4) is 5.75 Å². The predicted molar refractivity (Wildman–Crippen MR) is 127 cm³/mol. The first-order valence-electron chi connectivity index (χ1n) is 10.1. The summed E-state index contributed by atoms with van der Waals surface area (Å²) in [6.07, 6.45) is 0. The number of carbonyl (C=O) groups excluding carboxylic acids is 1. The molecule has 6 rings (SSSR count). The van der Waals surface area contributed by atoms with Crippen LogP contribution in [0.2, 0.25) is 0 Å². The monoisotopic (exact) mass is 402 g/mol. The summed E-state index contributed by atoms with van der Waals surface area (Å²) in [5.74, 6) is -0.368. The van der Waals surface area contributed by atoms with E-state index >= 15 is 0 Å². The zero-order valence-corrected chi connectivity index (χ0v) is 16.5. The first-order chi connectivity index (χ1) is 15.2. The standard InChI is InChI=1S/C27H18N2O2/c30-24-15-14-17-18-10-12-22-19-8-4-5-9-23(19)29-26(22)21(18)13-11-20(17)25(24)27(31)28-16-6-2-1-3-7-16/h1-15,29-30H,(H,28,31). The Bertz CT molecular complexity index is 1630. The summed E-state index contributed by atoms with van der Waals surface area (Å²) in [6.45, 7) is 0. The Labute approximate surface area is 177 Å². The van der Waals surface area contributed by atoms with Gasteiger partial charge in [-0.3, -0.25) is 4.79 Å². The Kier molecular flexibility index (Phi) is 3.74. The van der Waals surface area contributed by atoms with E-state index in [4.69, 9.17) is 0 Å². The number of hydrogen-bond donors (Lipinski definition) is 3. The van der Waals surface area contributed by atoms with E-state index < -0.39 is 0 Å². The van der Waals surface area contributed by atoms with Gasteiger partial charge in [-0.1, -0.05) is 66.7 Å². The SMILES string of the molecule is O=C(Nc1ccccc1)c1c(O)ccc2c1ccc1c2ccc2c3ccccc3[nH]c21. The Hall–Kier alpha value is -4.31. The molecule has 5 aromatic carbocycles. The van der Waals surface area contributed by atoms with Crippen LogP contribution in [0.3, 0.4) is 0 Å². The quantitative estimate of drug-likeness (QED) is 0.286. The minimum atomic E-state index is -0.333. The molecular formula is C27H18N2O2. The van der Waals surface area contributed by atoms with Crippen LogP contribution in [0.4, 0.5) is 5.69 Å². The van der Waals surface area contributed by atoms with E-state index in [1.807, 2.05) is 60.7 Å². The maximum Gasteiger partial charge on any atom is 0.260 e. The number of amides is 1. The number of aromatic hydroxyl groups is 1. The Morgan fingerprint density at radius 1 is 0.645 bits per heavy atom. The molecule has 0 radical (unpaired) electrons. The second kappa shape index (κ2) is 6.61. The van der Waals surface area contributed by atoms with Crippen LogP contribution in [0.15, 0.2) is 91.0 Å². The van der Waals surface area contributed by atoms with E-state index in [2.05, 4.69) is 34.6 Å². The molecule has 0 saturated carbocycles. The number of rotatable bonds is 2. The maximum absolute atomic E-state index is 13.0. The highest BCUT2D eigenvalue weighted by Crippen LogP contribution is 2.37. The third kappa shape index (κ3) is 2.66. The first kappa shape index (κ1) is 17.5. The molecule has 4 nitrogen and oxygen atoms in total. The highest BCUT2D eigenvalue weighted by Gasteiger charge is 2.18. The minimum absolute atomic E-state index is 0.0352. The van der Waals surface area contributed by atoms with Crippen LogP contribution in [0, 0.1) is 0 Å². The Balaban J connectivity index is 1.59.